The van der Waals surface area contributed by atoms with Crippen molar-refractivity contribution in [3.05, 3.63) is 4.91 Å². The van der Waals surface area contributed by atoms with Crippen LogP contribution in [0.1, 0.15) is 26.2 Å². The Morgan fingerprint density at radius 1 is 1.71 bits per heavy atom. The van der Waals surface area contributed by atoms with Crippen LogP contribution in [0.5, 0.6) is 0 Å². The van der Waals surface area contributed by atoms with E-state index in [1.807, 2.05) is 6.92 Å². The molecule has 0 spiro atoms. The van der Waals surface area contributed by atoms with Crippen molar-refractivity contribution in [2.45, 2.75) is 38.7 Å². The van der Waals surface area contributed by atoms with Crippen LogP contribution in [-0.2, 0) is 9.53 Å². The Bertz CT molecular complexity index is 323. The highest BCUT2D eigenvalue weighted by molar-refractivity contribution is 6.36. The van der Waals surface area contributed by atoms with Crippen LogP contribution in [-0.4, -0.2) is 35.9 Å². The van der Waals surface area contributed by atoms with Gasteiger partial charge in [-0.15, -0.1) is 15.1 Å². The molecule has 0 aromatic carbocycles. The van der Waals surface area contributed by atoms with E-state index in [0.29, 0.717) is 11.5 Å². The van der Waals surface area contributed by atoms with Crippen molar-refractivity contribution >= 4 is 11.7 Å². The summed E-state index contributed by atoms with van der Waals surface area (Å²) < 4.78 is 29.7. The average molecular weight is 249 g/mol. The molecule has 1 atom stereocenters. The number of carbonyl (C=O) groups is 1. The number of esters is 1. The van der Waals surface area contributed by atoms with Gasteiger partial charge >= 0.3 is 5.97 Å². The molecule has 6 nitrogen and oxygen atoms in total. The summed E-state index contributed by atoms with van der Waals surface area (Å²) in [6.07, 6.45) is -1.58. The highest BCUT2D eigenvalue weighted by atomic mass is 19.3. The largest absolute Gasteiger partial charge is 0.461 e. The Morgan fingerprint density at radius 2 is 2.41 bits per heavy atom. The molecule has 1 unspecified atom stereocenters. The SMILES string of the molecule is CCCCOC(=O)C1=NN(N=O)C(C(F)F)C1. The van der Waals surface area contributed by atoms with Gasteiger partial charge in [0, 0.05) is 6.42 Å². The van der Waals surface area contributed by atoms with Crippen molar-refractivity contribution in [1.29, 1.82) is 0 Å². The topological polar surface area (TPSA) is 71.3 Å². The number of alkyl halides is 2. The molecule has 1 aliphatic rings. The van der Waals surface area contributed by atoms with Gasteiger partial charge in [0.1, 0.15) is 11.8 Å². The van der Waals surface area contributed by atoms with Gasteiger partial charge < -0.3 is 4.74 Å². The molecular weight excluding hydrogens is 236 g/mol. The fourth-order valence-electron chi connectivity index (χ4n) is 1.30. The Labute approximate surface area is 96.5 Å². The van der Waals surface area contributed by atoms with Crippen molar-refractivity contribution in [2.75, 3.05) is 6.61 Å². The Kier molecular flexibility index (Phi) is 4.92. The second-order valence-corrected chi connectivity index (χ2v) is 3.54. The fraction of sp³-hybridized carbons (Fsp3) is 0.778. The average Bonchev–Trinajstić information content (AvgIpc) is 2.73. The highest BCUT2D eigenvalue weighted by Gasteiger charge is 2.38. The van der Waals surface area contributed by atoms with Gasteiger partial charge in [-0.25, -0.2) is 13.6 Å². The molecule has 8 heteroatoms. The van der Waals surface area contributed by atoms with Gasteiger partial charge in [0.2, 0.25) is 0 Å². The normalized spacial score (nSPS) is 19.4. The molecule has 0 amide bonds. The molecule has 96 valence electrons. The van der Waals surface area contributed by atoms with E-state index in [4.69, 9.17) is 4.74 Å². The maximum Gasteiger partial charge on any atom is 0.354 e. The number of carbonyl (C=O) groups excluding carboxylic acids is 1. The maximum atomic E-state index is 12.5. The zero-order chi connectivity index (χ0) is 12.8. The van der Waals surface area contributed by atoms with Crippen LogP contribution in [0.2, 0.25) is 0 Å². The third-order valence-corrected chi connectivity index (χ3v) is 2.26. The zero-order valence-electron chi connectivity index (χ0n) is 9.31. The molecular formula is C9H13F2N3O3. The van der Waals surface area contributed by atoms with E-state index in [2.05, 4.69) is 10.4 Å². The Morgan fingerprint density at radius 3 is 2.88 bits per heavy atom. The molecule has 0 saturated heterocycles. The quantitative estimate of drug-likeness (QED) is 0.408. The van der Waals surface area contributed by atoms with Crippen molar-refractivity contribution in [3.8, 4) is 0 Å². The summed E-state index contributed by atoms with van der Waals surface area (Å²) in [5.74, 6) is -0.768. The number of unbranched alkanes of at least 4 members (excludes halogenated alkanes) is 1. The second-order valence-electron chi connectivity index (χ2n) is 3.54. The number of nitrogens with zero attached hydrogens (tertiary/aromatic N) is 3. The standard InChI is InChI=1S/C9H13F2N3O3/c1-2-3-4-17-9(15)6-5-7(8(10)11)14(12-6)13-16/h7-8H,2-5H2,1H3. The van der Waals surface area contributed by atoms with Gasteiger partial charge in [-0.3, -0.25) is 0 Å². The van der Waals surface area contributed by atoms with Gasteiger partial charge in [0.05, 0.1) is 11.9 Å². The van der Waals surface area contributed by atoms with Crippen LogP contribution in [0.25, 0.3) is 0 Å². The summed E-state index contributed by atoms with van der Waals surface area (Å²) in [5, 5.41) is 6.05. The number of nitroso groups, excluding NO2 is 1. The number of hydrazone groups is 1. The van der Waals surface area contributed by atoms with Crippen LogP contribution in [0.15, 0.2) is 10.4 Å². The minimum absolute atomic E-state index is 0.189. The van der Waals surface area contributed by atoms with Crippen molar-refractivity contribution < 1.29 is 18.3 Å². The number of halogens is 2. The van der Waals surface area contributed by atoms with Crippen LogP contribution in [0.3, 0.4) is 0 Å². The maximum absolute atomic E-state index is 12.5. The number of rotatable bonds is 6. The first kappa shape index (κ1) is 13.5. The van der Waals surface area contributed by atoms with Crippen LogP contribution in [0, 0.1) is 4.91 Å². The van der Waals surface area contributed by atoms with Gasteiger partial charge in [-0.05, 0) is 6.42 Å². The monoisotopic (exact) mass is 249 g/mol. The van der Waals surface area contributed by atoms with Crippen molar-refractivity contribution in [1.82, 2.24) is 5.12 Å². The molecule has 0 aromatic heterocycles. The van der Waals surface area contributed by atoms with Crippen LogP contribution in [0.4, 0.5) is 8.78 Å². The smallest absolute Gasteiger partial charge is 0.354 e. The summed E-state index contributed by atoms with van der Waals surface area (Å²) in [6, 6.07) is -1.47. The number of hydrogen-bond donors (Lipinski definition) is 0. The molecule has 0 bridgehead atoms. The van der Waals surface area contributed by atoms with E-state index in [0.717, 1.165) is 6.42 Å². The summed E-state index contributed by atoms with van der Waals surface area (Å²) in [4.78, 5) is 21.6. The first-order chi connectivity index (χ1) is 8.10. The summed E-state index contributed by atoms with van der Waals surface area (Å²) in [7, 11) is 0. The lowest BCUT2D eigenvalue weighted by Gasteiger charge is -2.12. The first-order valence-corrected chi connectivity index (χ1v) is 5.25. The first-order valence-electron chi connectivity index (χ1n) is 5.25. The minimum Gasteiger partial charge on any atom is -0.461 e. The van der Waals surface area contributed by atoms with Gasteiger partial charge in [-0.2, -0.15) is 0 Å². The van der Waals surface area contributed by atoms with Gasteiger partial charge in [-0.1, -0.05) is 13.3 Å². The lowest BCUT2D eigenvalue weighted by atomic mass is 10.1. The van der Waals surface area contributed by atoms with Gasteiger partial charge in [0.25, 0.3) is 6.43 Å². The molecule has 0 N–H and O–H groups in total. The lowest BCUT2D eigenvalue weighted by molar-refractivity contribution is -0.135. The van der Waals surface area contributed by atoms with Crippen LogP contribution < -0.4 is 0 Å². The Hall–Kier alpha value is -1.60. The van der Waals surface area contributed by atoms with Gasteiger partial charge in [0.15, 0.2) is 0 Å². The molecule has 0 aliphatic carbocycles. The molecule has 1 heterocycles. The predicted molar refractivity (Wildman–Crippen MR) is 55.3 cm³/mol. The minimum atomic E-state index is -2.79. The second kappa shape index (κ2) is 6.21. The lowest BCUT2D eigenvalue weighted by Crippen LogP contribution is -2.29. The third kappa shape index (κ3) is 3.43. The Balaban J connectivity index is 2.55. The van der Waals surface area contributed by atoms with Crippen LogP contribution >= 0.6 is 0 Å². The third-order valence-electron chi connectivity index (χ3n) is 2.26. The van der Waals surface area contributed by atoms with Crippen molar-refractivity contribution in [3.63, 3.8) is 0 Å². The van der Waals surface area contributed by atoms with E-state index in [1.54, 1.807) is 0 Å². The van der Waals surface area contributed by atoms with E-state index in [9.17, 15) is 18.5 Å². The van der Waals surface area contributed by atoms with Crippen molar-refractivity contribution in [2.24, 2.45) is 10.4 Å². The van der Waals surface area contributed by atoms with E-state index in [1.165, 1.54) is 0 Å². The molecule has 1 aliphatic heterocycles. The highest BCUT2D eigenvalue weighted by Crippen LogP contribution is 2.22. The molecule has 1 rings (SSSR count). The van der Waals surface area contributed by atoms with E-state index >= 15 is 0 Å². The molecule has 0 radical (unpaired) electrons. The summed E-state index contributed by atoms with van der Waals surface area (Å²) >= 11 is 0. The summed E-state index contributed by atoms with van der Waals surface area (Å²) in [5.41, 5.74) is -0.189. The number of hydrogen-bond acceptors (Lipinski definition) is 5. The molecule has 0 fully saturated rings. The molecule has 17 heavy (non-hydrogen) atoms. The van der Waals surface area contributed by atoms with E-state index < -0.39 is 18.4 Å². The molecule has 0 aromatic rings. The fourth-order valence-corrected chi connectivity index (χ4v) is 1.30. The zero-order valence-corrected chi connectivity index (χ0v) is 9.31. The van der Waals surface area contributed by atoms with E-state index in [-0.39, 0.29) is 18.7 Å². The number of ether oxygens (including phenoxy) is 1. The molecule has 0 saturated carbocycles. The summed E-state index contributed by atoms with van der Waals surface area (Å²) in [6.45, 7) is 2.13. The predicted octanol–water partition coefficient (Wildman–Crippen LogP) is 1.71.